The van der Waals surface area contributed by atoms with Gasteiger partial charge in [0.15, 0.2) is 0 Å². The Bertz CT molecular complexity index is 314. The van der Waals surface area contributed by atoms with Gasteiger partial charge in [0.2, 0.25) is 0 Å². The Kier molecular flexibility index (Phi) is 3.96. The number of hydrogen-bond donors (Lipinski definition) is 3. The SMILES string of the molecule is O=C(NCC1CCCC(O)C1)NC(C1CC1)C1CC1. The van der Waals surface area contributed by atoms with Crippen LogP contribution in [-0.4, -0.2) is 29.8 Å². The van der Waals surface area contributed by atoms with Crippen molar-refractivity contribution in [3.05, 3.63) is 0 Å². The summed E-state index contributed by atoms with van der Waals surface area (Å²) in [6.45, 7) is 0.713. The van der Waals surface area contributed by atoms with Crippen LogP contribution in [0, 0.1) is 17.8 Å². The monoisotopic (exact) mass is 266 g/mol. The Hall–Kier alpha value is -0.770. The number of amides is 2. The van der Waals surface area contributed by atoms with Crippen molar-refractivity contribution in [2.75, 3.05) is 6.54 Å². The molecule has 108 valence electrons. The third kappa shape index (κ3) is 3.85. The summed E-state index contributed by atoms with van der Waals surface area (Å²) < 4.78 is 0. The summed E-state index contributed by atoms with van der Waals surface area (Å²) >= 11 is 0. The van der Waals surface area contributed by atoms with Crippen LogP contribution in [-0.2, 0) is 0 Å². The summed E-state index contributed by atoms with van der Waals surface area (Å²) in [5.41, 5.74) is 0. The molecule has 0 aliphatic heterocycles. The van der Waals surface area contributed by atoms with Gasteiger partial charge >= 0.3 is 6.03 Å². The summed E-state index contributed by atoms with van der Waals surface area (Å²) in [5.74, 6) is 1.94. The van der Waals surface area contributed by atoms with Gasteiger partial charge in [-0.3, -0.25) is 0 Å². The van der Waals surface area contributed by atoms with Crippen LogP contribution >= 0.6 is 0 Å². The predicted octanol–water partition coefficient (Wildman–Crippen LogP) is 2.03. The first-order valence-electron chi connectivity index (χ1n) is 7.95. The molecule has 2 atom stereocenters. The second kappa shape index (κ2) is 5.70. The maximum absolute atomic E-state index is 12.0. The van der Waals surface area contributed by atoms with Gasteiger partial charge in [-0.15, -0.1) is 0 Å². The number of urea groups is 1. The van der Waals surface area contributed by atoms with Crippen LogP contribution in [0.25, 0.3) is 0 Å². The molecule has 0 heterocycles. The summed E-state index contributed by atoms with van der Waals surface area (Å²) in [6, 6.07) is 0.431. The Morgan fingerprint density at radius 1 is 1.11 bits per heavy atom. The summed E-state index contributed by atoms with van der Waals surface area (Å²) in [7, 11) is 0. The molecule has 0 spiro atoms. The molecule has 3 rings (SSSR count). The molecule has 2 amide bonds. The summed E-state index contributed by atoms with van der Waals surface area (Å²) in [6.07, 6.45) is 8.98. The van der Waals surface area contributed by atoms with Crippen molar-refractivity contribution >= 4 is 6.03 Å². The molecule has 19 heavy (non-hydrogen) atoms. The molecule has 0 bridgehead atoms. The molecule has 3 saturated carbocycles. The maximum atomic E-state index is 12.0. The summed E-state index contributed by atoms with van der Waals surface area (Å²) in [5, 5.41) is 15.8. The first kappa shape index (κ1) is 13.2. The van der Waals surface area contributed by atoms with E-state index < -0.39 is 0 Å². The Morgan fingerprint density at radius 2 is 1.79 bits per heavy atom. The van der Waals surface area contributed by atoms with Gasteiger partial charge in [0.1, 0.15) is 0 Å². The zero-order valence-electron chi connectivity index (χ0n) is 11.6. The van der Waals surface area contributed by atoms with Gasteiger partial charge in [-0.1, -0.05) is 6.42 Å². The lowest BCUT2D eigenvalue weighted by molar-refractivity contribution is 0.101. The molecule has 3 N–H and O–H groups in total. The molecular formula is C15H26N2O2. The minimum Gasteiger partial charge on any atom is -0.393 e. The van der Waals surface area contributed by atoms with Crippen molar-refractivity contribution in [3.63, 3.8) is 0 Å². The smallest absolute Gasteiger partial charge is 0.315 e. The van der Waals surface area contributed by atoms with Crippen molar-refractivity contribution in [2.24, 2.45) is 17.8 Å². The van der Waals surface area contributed by atoms with Crippen LogP contribution in [0.5, 0.6) is 0 Å². The van der Waals surface area contributed by atoms with Gasteiger partial charge in [0.25, 0.3) is 0 Å². The number of carbonyl (C=O) groups excluding carboxylic acids is 1. The van der Waals surface area contributed by atoms with Gasteiger partial charge in [-0.25, -0.2) is 4.79 Å². The standard InChI is InChI=1S/C15H26N2O2/c18-13-3-1-2-10(8-13)9-16-15(19)17-14(11-4-5-11)12-6-7-12/h10-14,18H,1-9H2,(H2,16,17,19). The highest BCUT2D eigenvalue weighted by Gasteiger charge is 2.42. The molecule has 3 aliphatic carbocycles. The topological polar surface area (TPSA) is 61.4 Å². The van der Waals surface area contributed by atoms with Gasteiger partial charge in [-0.2, -0.15) is 0 Å². The Morgan fingerprint density at radius 3 is 2.37 bits per heavy atom. The molecule has 0 aromatic rings. The Labute approximate surface area is 115 Å². The minimum absolute atomic E-state index is 0.00358. The summed E-state index contributed by atoms with van der Waals surface area (Å²) in [4.78, 5) is 12.0. The molecule has 0 aromatic heterocycles. The van der Waals surface area contributed by atoms with E-state index in [0.29, 0.717) is 18.5 Å². The molecule has 3 fully saturated rings. The van der Waals surface area contributed by atoms with Gasteiger partial charge in [-0.05, 0) is 62.7 Å². The van der Waals surface area contributed by atoms with Crippen LogP contribution in [0.1, 0.15) is 51.4 Å². The number of aliphatic hydroxyl groups is 1. The molecule has 3 aliphatic rings. The highest BCUT2D eigenvalue weighted by atomic mass is 16.3. The Balaban J connectivity index is 1.38. The van der Waals surface area contributed by atoms with E-state index >= 15 is 0 Å². The molecule has 4 heteroatoms. The molecule has 0 saturated heterocycles. The van der Waals surface area contributed by atoms with E-state index in [1.807, 2.05) is 0 Å². The van der Waals surface area contributed by atoms with Gasteiger partial charge in [0.05, 0.1) is 6.10 Å². The zero-order valence-corrected chi connectivity index (χ0v) is 11.6. The normalized spacial score (nSPS) is 31.3. The van der Waals surface area contributed by atoms with E-state index in [2.05, 4.69) is 10.6 Å². The highest BCUT2D eigenvalue weighted by Crippen LogP contribution is 2.44. The van der Waals surface area contributed by atoms with Crippen LogP contribution in [0.4, 0.5) is 4.79 Å². The average molecular weight is 266 g/mol. The molecule has 4 nitrogen and oxygen atoms in total. The number of hydrogen-bond acceptors (Lipinski definition) is 2. The fourth-order valence-electron chi connectivity index (χ4n) is 3.42. The number of carbonyl (C=O) groups is 1. The third-order valence-electron chi connectivity index (χ3n) is 4.86. The van der Waals surface area contributed by atoms with E-state index in [-0.39, 0.29) is 12.1 Å². The van der Waals surface area contributed by atoms with E-state index in [1.165, 1.54) is 25.7 Å². The first-order valence-corrected chi connectivity index (χ1v) is 7.95. The van der Waals surface area contributed by atoms with E-state index in [4.69, 9.17) is 0 Å². The van der Waals surface area contributed by atoms with Crippen LogP contribution in [0.3, 0.4) is 0 Å². The lowest BCUT2D eigenvalue weighted by Crippen LogP contribution is -2.46. The lowest BCUT2D eigenvalue weighted by atomic mass is 9.87. The fraction of sp³-hybridized carbons (Fsp3) is 0.933. The van der Waals surface area contributed by atoms with E-state index in [1.54, 1.807) is 0 Å². The van der Waals surface area contributed by atoms with Crippen LogP contribution < -0.4 is 10.6 Å². The quantitative estimate of drug-likeness (QED) is 0.713. The third-order valence-corrected chi connectivity index (χ3v) is 4.86. The van der Waals surface area contributed by atoms with E-state index in [0.717, 1.165) is 37.5 Å². The van der Waals surface area contributed by atoms with Crippen LogP contribution in [0.2, 0.25) is 0 Å². The van der Waals surface area contributed by atoms with Crippen molar-refractivity contribution in [3.8, 4) is 0 Å². The van der Waals surface area contributed by atoms with Crippen molar-refractivity contribution in [1.29, 1.82) is 0 Å². The predicted molar refractivity (Wildman–Crippen MR) is 73.7 cm³/mol. The van der Waals surface area contributed by atoms with Crippen molar-refractivity contribution in [2.45, 2.75) is 63.5 Å². The van der Waals surface area contributed by atoms with Crippen molar-refractivity contribution in [1.82, 2.24) is 10.6 Å². The number of nitrogens with one attached hydrogen (secondary N) is 2. The molecule has 0 radical (unpaired) electrons. The molecular weight excluding hydrogens is 240 g/mol. The average Bonchev–Trinajstić information content (AvgIpc) is 3.27. The second-order valence-corrected chi connectivity index (χ2v) is 6.74. The highest BCUT2D eigenvalue weighted by molar-refractivity contribution is 5.74. The largest absolute Gasteiger partial charge is 0.393 e. The zero-order chi connectivity index (χ0) is 13.2. The number of rotatable bonds is 5. The fourth-order valence-corrected chi connectivity index (χ4v) is 3.42. The number of aliphatic hydroxyl groups excluding tert-OH is 1. The minimum atomic E-state index is -0.158. The van der Waals surface area contributed by atoms with Crippen molar-refractivity contribution < 1.29 is 9.90 Å². The molecule has 0 aromatic carbocycles. The first-order chi connectivity index (χ1) is 9.22. The lowest BCUT2D eigenvalue weighted by Gasteiger charge is -2.26. The van der Waals surface area contributed by atoms with Gasteiger partial charge < -0.3 is 15.7 Å². The van der Waals surface area contributed by atoms with Gasteiger partial charge in [0, 0.05) is 12.6 Å². The molecule has 2 unspecified atom stereocenters. The van der Waals surface area contributed by atoms with E-state index in [9.17, 15) is 9.90 Å². The second-order valence-electron chi connectivity index (χ2n) is 6.74. The van der Waals surface area contributed by atoms with Crippen LogP contribution in [0.15, 0.2) is 0 Å². The maximum Gasteiger partial charge on any atom is 0.315 e.